The normalized spacial score (nSPS) is 23.1. The maximum atomic E-state index is 12.2. The lowest BCUT2D eigenvalue weighted by Gasteiger charge is -2.31. The van der Waals surface area contributed by atoms with Gasteiger partial charge in [0.15, 0.2) is 0 Å². The van der Waals surface area contributed by atoms with E-state index in [1.165, 1.54) is 6.42 Å². The first kappa shape index (κ1) is 15.1. The van der Waals surface area contributed by atoms with E-state index >= 15 is 0 Å². The second-order valence-electron chi connectivity index (χ2n) is 4.99. The maximum Gasteiger partial charge on any atom is 0.251 e. The molecule has 0 aliphatic heterocycles. The van der Waals surface area contributed by atoms with Gasteiger partial charge in [-0.2, -0.15) is 0 Å². The van der Waals surface area contributed by atoms with Gasteiger partial charge in [0.1, 0.15) is 0 Å². The van der Waals surface area contributed by atoms with Crippen LogP contribution in [0.4, 0.5) is 0 Å². The highest BCUT2D eigenvalue weighted by molar-refractivity contribution is 14.1. The topological polar surface area (TPSA) is 55.1 Å². The number of halogens is 2. The minimum Gasteiger partial charge on any atom is -0.349 e. The Labute approximate surface area is 132 Å². The maximum absolute atomic E-state index is 12.2. The quantitative estimate of drug-likeness (QED) is 0.776. The van der Waals surface area contributed by atoms with Gasteiger partial charge in [-0.3, -0.25) is 4.79 Å². The Morgan fingerprint density at radius 2 is 2.16 bits per heavy atom. The lowest BCUT2D eigenvalue weighted by atomic mass is 9.84. The second-order valence-corrected chi connectivity index (χ2v) is 6.56. The summed E-state index contributed by atoms with van der Waals surface area (Å²) < 4.78 is 0.952. The van der Waals surface area contributed by atoms with Crippen LogP contribution >= 0.6 is 34.2 Å². The van der Waals surface area contributed by atoms with Gasteiger partial charge < -0.3 is 11.1 Å². The summed E-state index contributed by atoms with van der Waals surface area (Å²) in [7, 11) is 0. The average Bonchev–Trinajstić information content (AvgIpc) is 2.42. The van der Waals surface area contributed by atoms with Gasteiger partial charge in [-0.15, -0.1) is 0 Å². The van der Waals surface area contributed by atoms with Gasteiger partial charge in [-0.05, 0) is 66.1 Å². The smallest absolute Gasteiger partial charge is 0.251 e. The van der Waals surface area contributed by atoms with E-state index in [0.29, 0.717) is 23.0 Å². The van der Waals surface area contributed by atoms with E-state index in [1.54, 1.807) is 6.07 Å². The van der Waals surface area contributed by atoms with Crippen molar-refractivity contribution in [2.24, 2.45) is 11.7 Å². The molecule has 1 fully saturated rings. The van der Waals surface area contributed by atoms with Crippen LogP contribution in [0.25, 0.3) is 0 Å². The highest BCUT2D eigenvalue weighted by Crippen LogP contribution is 2.24. The molecular formula is C14H18ClIN2O. The van der Waals surface area contributed by atoms with Gasteiger partial charge in [0.2, 0.25) is 0 Å². The summed E-state index contributed by atoms with van der Waals surface area (Å²) in [5.74, 6) is 0.348. The fourth-order valence-corrected chi connectivity index (χ4v) is 3.08. The fourth-order valence-electron chi connectivity index (χ4n) is 2.57. The summed E-state index contributed by atoms with van der Waals surface area (Å²) in [4.78, 5) is 12.2. The largest absolute Gasteiger partial charge is 0.349 e. The molecule has 0 bridgehead atoms. The van der Waals surface area contributed by atoms with Crippen molar-refractivity contribution >= 4 is 40.1 Å². The van der Waals surface area contributed by atoms with E-state index in [-0.39, 0.29) is 11.9 Å². The number of hydrogen-bond donors (Lipinski definition) is 2. The van der Waals surface area contributed by atoms with Crippen molar-refractivity contribution in [1.29, 1.82) is 0 Å². The van der Waals surface area contributed by atoms with E-state index in [2.05, 4.69) is 27.9 Å². The van der Waals surface area contributed by atoms with Crippen LogP contribution in [-0.4, -0.2) is 18.5 Å². The average molecular weight is 393 g/mol. The van der Waals surface area contributed by atoms with Crippen molar-refractivity contribution in [2.75, 3.05) is 6.54 Å². The van der Waals surface area contributed by atoms with Crippen LogP contribution < -0.4 is 11.1 Å². The molecule has 2 rings (SSSR count). The Morgan fingerprint density at radius 3 is 2.84 bits per heavy atom. The lowest BCUT2D eigenvalue weighted by molar-refractivity contribution is 0.0908. The summed E-state index contributed by atoms with van der Waals surface area (Å²) in [5, 5.41) is 3.72. The molecule has 0 aromatic heterocycles. The molecule has 19 heavy (non-hydrogen) atoms. The lowest BCUT2D eigenvalue weighted by Crippen LogP contribution is -2.44. The third-order valence-electron chi connectivity index (χ3n) is 3.71. The molecule has 3 N–H and O–H groups in total. The molecule has 2 unspecified atom stereocenters. The predicted molar refractivity (Wildman–Crippen MR) is 86.4 cm³/mol. The molecule has 1 aliphatic rings. The summed E-state index contributed by atoms with van der Waals surface area (Å²) in [6.07, 6.45) is 4.50. The van der Waals surface area contributed by atoms with Crippen LogP contribution in [-0.2, 0) is 0 Å². The molecule has 1 saturated carbocycles. The molecule has 1 aliphatic carbocycles. The third kappa shape index (κ3) is 3.83. The molecule has 0 spiro atoms. The molecule has 1 amide bonds. The zero-order chi connectivity index (χ0) is 13.8. The Kier molecular flexibility index (Phi) is 5.47. The predicted octanol–water partition coefficient (Wildman–Crippen LogP) is 3.19. The zero-order valence-corrected chi connectivity index (χ0v) is 13.6. The minimum atomic E-state index is -0.0522. The van der Waals surface area contributed by atoms with Crippen LogP contribution in [0.3, 0.4) is 0 Å². The highest BCUT2D eigenvalue weighted by atomic mass is 127. The van der Waals surface area contributed by atoms with E-state index < -0.39 is 0 Å². The SMILES string of the molecule is NCC1CCCCC1NC(=O)c1ccc(I)c(Cl)c1. The zero-order valence-electron chi connectivity index (χ0n) is 10.7. The summed E-state index contributed by atoms with van der Waals surface area (Å²) >= 11 is 8.20. The van der Waals surface area contributed by atoms with Gasteiger partial charge in [-0.25, -0.2) is 0 Å². The number of rotatable bonds is 3. The Morgan fingerprint density at radius 1 is 1.42 bits per heavy atom. The van der Waals surface area contributed by atoms with E-state index in [1.807, 2.05) is 12.1 Å². The van der Waals surface area contributed by atoms with Crippen LogP contribution in [0.1, 0.15) is 36.0 Å². The number of nitrogens with one attached hydrogen (secondary N) is 1. The van der Waals surface area contributed by atoms with E-state index in [0.717, 1.165) is 22.8 Å². The summed E-state index contributed by atoms with van der Waals surface area (Å²) in [5.41, 5.74) is 6.40. The van der Waals surface area contributed by atoms with Gasteiger partial charge in [0.05, 0.1) is 5.02 Å². The Bertz CT molecular complexity index is 467. The highest BCUT2D eigenvalue weighted by Gasteiger charge is 2.25. The molecule has 5 heteroatoms. The Balaban J connectivity index is 2.05. The molecule has 0 saturated heterocycles. The first-order valence-corrected chi connectivity index (χ1v) is 8.03. The molecule has 0 radical (unpaired) electrons. The van der Waals surface area contributed by atoms with Gasteiger partial charge in [0, 0.05) is 15.2 Å². The molecular weight excluding hydrogens is 375 g/mol. The summed E-state index contributed by atoms with van der Waals surface area (Å²) in [6.45, 7) is 0.637. The van der Waals surface area contributed by atoms with Gasteiger partial charge in [0.25, 0.3) is 5.91 Å². The number of hydrogen-bond acceptors (Lipinski definition) is 2. The van der Waals surface area contributed by atoms with E-state index in [9.17, 15) is 4.79 Å². The van der Waals surface area contributed by atoms with Crippen molar-refractivity contribution in [3.63, 3.8) is 0 Å². The molecule has 104 valence electrons. The van der Waals surface area contributed by atoms with Crippen LogP contribution in [0, 0.1) is 9.49 Å². The molecule has 1 aromatic carbocycles. The van der Waals surface area contributed by atoms with Crippen LogP contribution in [0.5, 0.6) is 0 Å². The third-order valence-corrected chi connectivity index (χ3v) is 5.28. The Hall–Kier alpha value is -0.330. The van der Waals surface area contributed by atoms with Crippen molar-refractivity contribution in [1.82, 2.24) is 5.32 Å². The number of benzene rings is 1. The number of nitrogens with two attached hydrogens (primary N) is 1. The van der Waals surface area contributed by atoms with Crippen LogP contribution in [0.2, 0.25) is 5.02 Å². The number of amides is 1. The molecule has 0 heterocycles. The minimum absolute atomic E-state index is 0.0522. The monoisotopic (exact) mass is 392 g/mol. The first-order valence-electron chi connectivity index (χ1n) is 6.58. The number of carbonyl (C=O) groups excluding carboxylic acids is 1. The molecule has 3 nitrogen and oxygen atoms in total. The molecule has 1 aromatic rings. The van der Waals surface area contributed by atoms with Crippen molar-refractivity contribution in [3.8, 4) is 0 Å². The van der Waals surface area contributed by atoms with Crippen molar-refractivity contribution in [2.45, 2.75) is 31.7 Å². The standard InChI is InChI=1S/C14H18ClIN2O/c15-11-7-9(5-6-12(11)16)14(19)18-13-4-2-1-3-10(13)8-17/h5-7,10,13H,1-4,8,17H2,(H,18,19). The van der Waals surface area contributed by atoms with E-state index in [4.69, 9.17) is 17.3 Å². The van der Waals surface area contributed by atoms with Crippen LogP contribution in [0.15, 0.2) is 18.2 Å². The second kappa shape index (κ2) is 6.90. The van der Waals surface area contributed by atoms with Gasteiger partial charge >= 0.3 is 0 Å². The first-order chi connectivity index (χ1) is 9.11. The molecule has 2 atom stereocenters. The van der Waals surface area contributed by atoms with Crippen molar-refractivity contribution in [3.05, 3.63) is 32.4 Å². The van der Waals surface area contributed by atoms with Gasteiger partial charge in [-0.1, -0.05) is 24.4 Å². The van der Waals surface area contributed by atoms with Crippen molar-refractivity contribution < 1.29 is 4.79 Å². The number of carbonyl (C=O) groups is 1. The summed E-state index contributed by atoms with van der Waals surface area (Å²) in [6, 6.07) is 5.59. The fraction of sp³-hybridized carbons (Fsp3) is 0.500.